The maximum absolute atomic E-state index is 13.0. The van der Waals surface area contributed by atoms with E-state index in [9.17, 15) is 14.7 Å². The van der Waals surface area contributed by atoms with Crippen LogP contribution >= 0.6 is 0 Å². The van der Waals surface area contributed by atoms with Crippen molar-refractivity contribution in [2.45, 2.75) is 32.9 Å². The molecule has 7 heteroatoms. The minimum Gasteiger partial charge on any atom is -0.507 e. The number of benzene rings is 1. The smallest absolute Gasteiger partial charge is 0.295 e. The molecule has 0 radical (unpaired) electrons. The first kappa shape index (κ1) is 20.0. The van der Waals surface area contributed by atoms with E-state index in [4.69, 9.17) is 9.15 Å². The lowest BCUT2D eigenvalue weighted by Gasteiger charge is -2.23. The van der Waals surface area contributed by atoms with Crippen molar-refractivity contribution in [3.8, 4) is 0 Å². The minimum absolute atomic E-state index is 0.00245. The first-order chi connectivity index (χ1) is 14.4. The van der Waals surface area contributed by atoms with Gasteiger partial charge >= 0.3 is 0 Å². The molecule has 0 aliphatic carbocycles. The molecule has 3 aromatic rings. The Morgan fingerprint density at radius 1 is 1.23 bits per heavy atom. The predicted octanol–water partition coefficient (Wildman–Crippen LogP) is 3.92. The number of ether oxygens (including phenoxy) is 1. The number of hydrogen-bond donors (Lipinski definition) is 2. The molecule has 1 aliphatic rings. The van der Waals surface area contributed by atoms with Gasteiger partial charge in [-0.3, -0.25) is 9.59 Å². The summed E-state index contributed by atoms with van der Waals surface area (Å²) in [5.41, 5.74) is 1.31. The molecule has 1 unspecified atom stereocenters. The van der Waals surface area contributed by atoms with Crippen molar-refractivity contribution < 1.29 is 23.8 Å². The monoisotopic (exact) mass is 408 g/mol. The van der Waals surface area contributed by atoms with Gasteiger partial charge in [0.2, 0.25) is 0 Å². The zero-order valence-electron chi connectivity index (χ0n) is 17.1. The third-order valence-corrected chi connectivity index (χ3v) is 5.20. The predicted molar refractivity (Wildman–Crippen MR) is 112 cm³/mol. The van der Waals surface area contributed by atoms with Crippen LogP contribution < -0.4 is 0 Å². The molecule has 7 nitrogen and oxygen atoms in total. The number of aromatic nitrogens is 1. The van der Waals surface area contributed by atoms with Crippen molar-refractivity contribution in [3.05, 3.63) is 65.3 Å². The Hall–Kier alpha value is -3.32. The van der Waals surface area contributed by atoms with Gasteiger partial charge in [-0.2, -0.15) is 0 Å². The molecule has 2 N–H and O–H groups in total. The number of carbonyl (C=O) groups excluding carboxylic acids is 2. The summed E-state index contributed by atoms with van der Waals surface area (Å²) >= 11 is 0. The number of furan rings is 1. The van der Waals surface area contributed by atoms with Crippen LogP contribution in [0.15, 0.2) is 52.6 Å². The van der Waals surface area contributed by atoms with Crippen LogP contribution in [0.4, 0.5) is 0 Å². The highest BCUT2D eigenvalue weighted by Gasteiger charge is 2.47. The molecule has 1 atom stereocenters. The second-order valence-electron chi connectivity index (χ2n) is 7.61. The summed E-state index contributed by atoms with van der Waals surface area (Å²) in [6.45, 7) is 6.07. The second-order valence-corrected chi connectivity index (χ2v) is 7.61. The van der Waals surface area contributed by atoms with E-state index in [0.29, 0.717) is 17.1 Å². The molecule has 4 rings (SSSR count). The number of carbonyl (C=O) groups is 2. The number of ketones is 1. The number of fused-ring (bicyclic) bond motifs is 1. The Labute approximate surface area is 173 Å². The van der Waals surface area contributed by atoms with E-state index in [1.165, 1.54) is 4.90 Å². The van der Waals surface area contributed by atoms with Crippen molar-refractivity contribution in [1.82, 2.24) is 9.88 Å². The molecular formula is C23H24N2O5. The Morgan fingerprint density at radius 2 is 2.00 bits per heavy atom. The van der Waals surface area contributed by atoms with Gasteiger partial charge in [0.25, 0.3) is 11.7 Å². The highest BCUT2D eigenvalue weighted by Crippen LogP contribution is 2.40. The lowest BCUT2D eigenvalue weighted by atomic mass is 9.99. The molecule has 0 saturated carbocycles. The number of Topliss-reactive ketones (excluding diaryl/α,β-unsaturated/α-hetero) is 1. The Balaban J connectivity index is 1.82. The molecule has 30 heavy (non-hydrogen) atoms. The van der Waals surface area contributed by atoms with Crippen LogP contribution in [0.3, 0.4) is 0 Å². The fourth-order valence-electron chi connectivity index (χ4n) is 3.81. The lowest BCUT2D eigenvalue weighted by molar-refractivity contribution is -0.140. The van der Waals surface area contributed by atoms with Gasteiger partial charge in [-0.15, -0.1) is 0 Å². The van der Waals surface area contributed by atoms with Crippen molar-refractivity contribution in [2.24, 2.45) is 0 Å². The number of aliphatic hydroxyl groups excluding tert-OH is 1. The van der Waals surface area contributed by atoms with Crippen LogP contribution in [0.1, 0.15) is 37.0 Å². The van der Waals surface area contributed by atoms with E-state index in [-0.39, 0.29) is 30.6 Å². The minimum atomic E-state index is -0.817. The number of likely N-dealkylation sites (tertiary alicyclic amines) is 1. The standard InChI is InChI=1S/C23H24N2O5/c1-13(2)29-11-10-25-20(18-9-8-14(3)30-18)19(22(27)23(25)28)21(26)16-12-24-17-7-5-4-6-15(16)17/h4-9,12-13,20,24,26H,10-11H2,1-3H3/b21-19-. The fourth-order valence-corrected chi connectivity index (χ4v) is 3.81. The number of aliphatic hydroxyl groups is 1. The number of hydrogen-bond acceptors (Lipinski definition) is 5. The Bertz CT molecular complexity index is 1140. The number of para-hydroxylation sites is 1. The third kappa shape index (κ3) is 3.41. The maximum atomic E-state index is 13.0. The van der Waals surface area contributed by atoms with E-state index in [2.05, 4.69) is 4.98 Å². The molecule has 0 spiro atoms. The normalized spacial score (nSPS) is 18.8. The molecule has 1 amide bonds. The average molecular weight is 408 g/mol. The van der Waals surface area contributed by atoms with Gasteiger partial charge in [-0.1, -0.05) is 18.2 Å². The topological polar surface area (TPSA) is 95.8 Å². The number of rotatable bonds is 6. The first-order valence-corrected chi connectivity index (χ1v) is 9.91. The maximum Gasteiger partial charge on any atom is 0.295 e. The Kier molecular flexibility index (Phi) is 5.22. The third-order valence-electron chi connectivity index (χ3n) is 5.20. The van der Waals surface area contributed by atoms with Crippen LogP contribution in [-0.4, -0.2) is 45.9 Å². The number of nitrogens with zero attached hydrogens (tertiary/aromatic N) is 1. The van der Waals surface area contributed by atoms with Gasteiger partial charge in [0.15, 0.2) is 0 Å². The molecule has 3 heterocycles. The van der Waals surface area contributed by atoms with Crippen molar-refractivity contribution in [1.29, 1.82) is 0 Å². The van der Waals surface area contributed by atoms with Crippen molar-refractivity contribution in [2.75, 3.05) is 13.2 Å². The first-order valence-electron chi connectivity index (χ1n) is 9.91. The summed E-state index contributed by atoms with van der Waals surface area (Å²) in [7, 11) is 0. The van der Waals surface area contributed by atoms with E-state index < -0.39 is 17.7 Å². The van der Waals surface area contributed by atoms with E-state index in [1.54, 1.807) is 25.3 Å². The van der Waals surface area contributed by atoms with Crippen LogP contribution in [-0.2, 0) is 14.3 Å². The summed E-state index contributed by atoms with van der Waals surface area (Å²) in [4.78, 5) is 30.3. The number of aromatic amines is 1. The Morgan fingerprint density at radius 3 is 2.70 bits per heavy atom. The number of aryl methyl sites for hydroxylation is 1. The number of H-pyrrole nitrogens is 1. The van der Waals surface area contributed by atoms with Crippen LogP contribution in [0, 0.1) is 6.92 Å². The SMILES string of the molecule is Cc1ccc(C2/C(=C(/O)c3c[nH]c4ccccc34)C(=O)C(=O)N2CCOC(C)C)o1. The summed E-state index contributed by atoms with van der Waals surface area (Å²) in [5, 5.41) is 11.9. The van der Waals surface area contributed by atoms with E-state index in [1.807, 2.05) is 38.1 Å². The number of amides is 1. The molecule has 2 aromatic heterocycles. The fraction of sp³-hybridized carbons (Fsp3) is 0.304. The van der Waals surface area contributed by atoms with Crippen molar-refractivity contribution >= 4 is 28.4 Å². The van der Waals surface area contributed by atoms with Gasteiger partial charge in [0, 0.05) is 29.2 Å². The van der Waals surface area contributed by atoms with Gasteiger partial charge in [0.05, 0.1) is 18.3 Å². The molecule has 1 fully saturated rings. The second kappa shape index (κ2) is 7.84. The summed E-state index contributed by atoms with van der Waals surface area (Å²) in [6.07, 6.45) is 1.64. The van der Waals surface area contributed by atoms with E-state index in [0.717, 1.165) is 10.9 Å². The van der Waals surface area contributed by atoms with Crippen LogP contribution in [0.2, 0.25) is 0 Å². The zero-order chi connectivity index (χ0) is 21.4. The average Bonchev–Trinajstić information content (AvgIpc) is 3.39. The van der Waals surface area contributed by atoms with Crippen LogP contribution in [0.5, 0.6) is 0 Å². The summed E-state index contributed by atoms with van der Waals surface area (Å²) < 4.78 is 11.4. The van der Waals surface area contributed by atoms with Gasteiger partial charge in [-0.25, -0.2) is 0 Å². The molecule has 1 aromatic carbocycles. The molecule has 156 valence electrons. The van der Waals surface area contributed by atoms with Gasteiger partial charge in [-0.05, 0) is 39.0 Å². The van der Waals surface area contributed by atoms with Gasteiger partial charge < -0.3 is 24.1 Å². The highest BCUT2D eigenvalue weighted by molar-refractivity contribution is 6.46. The van der Waals surface area contributed by atoms with Gasteiger partial charge in [0.1, 0.15) is 23.3 Å². The lowest BCUT2D eigenvalue weighted by Crippen LogP contribution is -2.33. The van der Waals surface area contributed by atoms with Crippen molar-refractivity contribution in [3.63, 3.8) is 0 Å². The summed E-state index contributed by atoms with van der Waals surface area (Å²) in [6, 6.07) is 10.1. The number of nitrogens with one attached hydrogen (secondary N) is 1. The van der Waals surface area contributed by atoms with Crippen LogP contribution in [0.25, 0.3) is 16.7 Å². The largest absolute Gasteiger partial charge is 0.507 e. The summed E-state index contributed by atoms with van der Waals surface area (Å²) in [5.74, 6) is -0.555. The molecular weight excluding hydrogens is 384 g/mol. The highest BCUT2D eigenvalue weighted by atomic mass is 16.5. The quantitative estimate of drug-likeness (QED) is 0.366. The molecule has 1 saturated heterocycles. The van der Waals surface area contributed by atoms with E-state index >= 15 is 0 Å². The molecule has 0 bridgehead atoms. The molecule has 1 aliphatic heterocycles. The zero-order valence-corrected chi connectivity index (χ0v) is 17.1.